The molecule has 0 aliphatic heterocycles. The van der Waals surface area contributed by atoms with Gasteiger partial charge in [0.2, 0.25) is 0 Å². The normalized spacial score (nSPS) is 11.9. The third kappa shape index (κ3) is 3.06. The van der Waals surface area contributed by atoms with Crippen LogP contribution in [0, 0.1) is 5.82 Å². The van der Waals surface area contributed by atoms with Gasteiger partial charge in [-0.05, 0) is 42.8 Å². The topological polar surface area (TPSA) is 75.4 Å². The van der Waals surface area contributed by atoms with Crippen molar-refractivity contribution in [1.82, 2.24) is 5.32 Å². The molecule has 0 spiro atoms. The minimum atomic E-state index is -0.486. The van der Waals surface area contributed by atoms with Crippen molar-refractivity contribution in [1.29, 1.82) is 0 Å². The highest BCUT2D eigenvalue weighted by Crippen LogP contribution is 2.19. The van der Waals surface area contributed by atoms with Gasteiger partial charge in [0.25, 0.3) is 5.91 Å². The Morgan fingerprint density at radius 3 is 2.70 bits per heavy atom. The van der Waals surface area contributed by atoms with E-state index < -0.39 is 11.7 Å². The molecule has 1 unspecified atom stereocenters. The monoisotopic (exact) mass is 274 g/mol. The first kappa shape index (κ1) is 13.9. The van der Waals surface area contributed by atoms with Gasteiger partial charge < -0.3 is 16.2 Å². The average Bonchev–Trinajstić information content (AvgIpc) is 2.38. The summed E-state index contributed by atoms with van der Waals surface area (Å²) in [5, 5.41) is 12.2. The van der Waals surface area contributed by atoms with Crippen LogP contribution < -0.4 is 11.1 Å². The Kier molecular flexibility index (Phi) is 3.89. The zero-order valence-electron chi connectivity index (χ0n) is 10.9. The van der Waals surface area contributed by atoms with Crippen molar-refractivity contribution in [3.8, 4) is 5.75 Å². The molecule has 2 rings (SSSR count). The van der Waals surface area contributed by atoms with Crippen molar-refractivity contribution in [3.05, 3.63) is 59.4 Å². The lowest BCUT2D eigenvalue weighted by atomic mass is 10.1. The van der Waals surface area contributed by atoms with Crippen LogP contribution in [0.2, 0.25) is 0 Å². The minimum Gasteiger partial charge on any atom is -0.508 e. The number of aromatic hydroxyl groups is 1. The second-order valence-corrected chi connectivity index (χ2v) is 4.52. The number of carbonyl (C=O) groups is 1. The molecule has 1 atom stereocenters. The second-order valence-electron chi connectivity index (χ2n) is 4.52. The molecule has 0 aromatic heterocycles. The Balaban J connectivity index is 2.15. The fourth-order valence-electron chi connectivity index (χ4n) is 1.89. The van der Waals surface area contributed by atoms with Crippen LogP contribution in [0.15, 0.2) is 42.5 Å². The first-order chi connectivity index (χ1) is 9.47. The van der Waals surface area contributed by atoms with Gasteiger partial charge in [0, 0.05) is 5.69 Å². The number of nitrogens with two attached hydrogens (primary N) is 1. The molecule has 0 radical (unpaired) electrons. The van der Waals surface area contributed by atoms with Gasteiger partial charge in [-0.25, -0.2) is 4.39 Å². The summed E-state index contributed by atoms with van der Waals surface area (Å²) in [4.78, 5) is 12.1. The maximum Gasteiger partial charge on any atom is 0.253 e. The van der Waals surface area contributed by atoms with Crippen molar-refractivity contribution >= 4 is 11.6 Å². The molecule has 0 aliphatic carbocycles. The van der Waals surface area contributed by atoms with Crippen LogP contribution in [-0.4, -0.2) is 11.0 Å². The highest BCUT2D eigenvalue weighted by atomic mass is 19.1. The molecule has 4 N–H and O–H groups in total. The first-order valence-corrected chi connectivity index (χ1v) is 6.12. The summed E-state index contributed by atoms with van der Waals surface area (Å²) in [5.74, 6) is -0.747. The van der Waals surface area contributed by atoms with E-state index in [4.69, 9.17) is 5.73 Å². The van der Waals surface area contributed by atoms with E-state index in [0.29, 0.717) is 0 Å². The van der Waals surface area contributed by atoms with E-state index in [1.807, 2.05) is 0 Å². The van der Waals surface area contributed by atoms with Crippen molar-refractivity contribution in [2.45, 2.75) is 13.0 Å². The number of phenols is 1. The zero-order chi connectivity index (χ0) is 14.7. The van der Waals surface area contributed by atoms with Gasteiger partial charge in [-0.3, -0.25) is 4.79 Å². The third-order valence-corrected chi connectivity index (χ3v) is 2.98. The smallest absolute Gasteiger partial charge is 0.253 e. The van der Waals surface area contributed by atoms with Gasteiger partial charge in [0.15, 0.2) is 0 Å². The molecular formula is C15H15FN2O2. The summed E-state index contributed by atoms with van der Waals surface area (Å²) < 4.78 is 12.9. The molecular weight excluding hydrogens is 259 g/mol. The van der Waals surface area contributed by atoms with Crippen LogP contribution >= 0.6 is 0 Å². The Morgan fingerprint density at radius 2 is 2.05 bits per heavy atom. The van der Waals surface area contributed by atoms with Gasteiger partial charge in [-0.1, -0.05) is 12.1 Å². The van der Waals surface area contributed by atoms with E-state index in [1.165, 1.54) is 12.1 Å². The predicted molar refractivity (Wildman–Crippen MR) is 74.8 cm³/mol. The van der Waals surface area contributed by atoms with Crippen LogP contribution in [0.3, 0.4) is 0 Å². The van der Waals surface area contributed by atoms with Gasteiger partial charge in [-0.2, -0.15) is 0 Å². The Morgan fingerprint density at radius 1 is 1.30 bits per heavy atom. The molecule has 0 fully saturated rings. The SMILES string of the molecule is CC(NC(=O)c1ccc(F)cc1N)c1cccc(O)c1. The average molecular weight is 274 g/mol. The zero-order valence-corrected chi connectivity index (χ0v) is 10.9. The summed E-state index contributed by atoms with van der Waals surface area (Å²) in [6.07, 6.45) is 0. The lowest BCUT2D eigenvalue weighted by molar-refractivity contribution is 0.0940. The van der Waals surface area contributed by atoms with Gasteiger partial charge in [0.1, 0.15) is 11.6 Å². The maximum absolute atomic E-state index is 12.9. The Labute approximate surface area is 116 Å². The highest BCUT2D eigenvalue weighted by molar-refractivity contribution is 5.99. The number of phenolic OH excluding ortho intramolecular Hbond substituents is 1. The number of hydrogen-bond donors (Lipinski definition) is 3. The van der Waals surface area contributed by atoms with Gasteiger partial charge >= 0.3 is 0 Å². The van der Waals surface area contributed by atoms with Crippen LogP contribution in [0.25, 0.3) is 0 Å². The summed E-state index contributed by atoms with van der Waals surface area (Å²) in [6, 6.07) is 9.93. The van der Waals surface area contributed by atoms with Crippen LogP contribution in [0.5, 0.6) is 5.75 Å². The van der Waals surface area contributed by atoms with E-state index in [-0.39, 0.29) is 23.0 Å². The van der Waals surface area contributed by atoms with Crippen LogP contribution in [0.4, 0.5) is 10.1 Å². The van der Waals surface area contributed by atoms with Gasteiger partial charge in [0.05, 0.1) is 11.6 Å². The first-order valence-electron chi connectivity index (χ1n) is 6.12. The summed E-state index contributed by atoms with van der Waals surface area (Å²) in [6.45, 7) is 1.78. The molecule has 0 bridgehead atoms. The summed E-state index contributed by atoms with van der Waals surface area (Å²) in [7, 11) is 0. The molecule has 0 saturated heterocycles. The number of nitrogen functional groups attached to an aromatic ring is 1. The molecule has 0 heterocycles. The third-order valence-electron chi connectivity index (χ3n) is 2.98. The number of nitrogens with one attached hydrogen (secondary N) is 1. The number of halogens is 1. The highest BCUT2D eigenvalue weighted by Gasteiger charge is 2.14. The number of rotatable bonds is 3. The second kappa shape index (κ2) is 5.61. The molecule has 20 heavy (non-hydrogen) atoms. The lowest BCUT2D eigenvalue weighted by Gasteiger charge is -2.15. The molecule has 1 amide bonds. The van der Waals surface area contributed by atoms with E-state index in [9.17, 15) is 14.3 Å². The fourth-order valence-corrected chi connectivity index (χ4v) is 1.89. The van der Waals surface area contributed by atoms with Gasteiger partial charge in [-0.15, -0.1) is 0 Å². The van der Waals surface area contributed by atoms with E-state index >= 15 is 0 Å². The quantitative estimate of drug-likeness (QED) is 0.753. The molecule has 0 saturated carbocycles. The molecule has 0 aliphatic rings. The molecule has 104 valence electrons. The number of anilines is 1. The number of amides is 1. The largest absolute Gasteiger partial charge is 0.508 e. The van der Waals surface area contributed by atoms with Crippen LogP contribution in [0.1, 0.15) is 28.9 Å². The lowest BCUT2D eigenvalue weighted by Crippen LogP contribution is -2.27. The molecule has 5 heteroatoms. The van der Waals surface area contributed by atoms with Crippen molar-refractivity contribution < 1.29 is 14.3 Å². The molecule has 4 nitrogen and oxygen atoms in total. The maximum atomic E-state index is 12.9. The Bertz CT molecular complexity index is 644. The Hall–Kier alpha value is -2.56. The van der Waals surface area contributed by atoms with E-state index in [0.717, 1.165) is 11.6 Å². The van der Waals surface area contributed by atoms with E-state index in [2.05, 4.69) is 5.32 Å². The van der Waals surface area contributed by atoms with Crippen LogP contribution in [-0.2, 0) is 0 Å². The molecule has 2 aromatic carbocycles. The fraction of sp³-hybridized carbons (Fsp3) is 0.133. The van der Waals surface area contributed by atoms with Crippen molar-refractivity contribution in [2.75, 3.05) is 5.73 Å². The summed E-state index contributed by atoms with van der Waals surface area (Å²) in [5.41, 5.74) is 6.69. The number of carbonyl (C=O) groups excluding carboxylic acids is 1. The summed E-state index contributed by atoms with van der Waals surface area (Å²) >= 11 is 0. The molecule has 2 aromatic rings. The van der Waals surface area contributed by atoms with E-state index in [1.54, 1.807) is 31.2 Å². The minimum absolute atomic E-state index is 0.0885. The predicted octanol–water partition coefficient (Wildman–Crippen LogP) is 2.60. The standard InChI is InChI=1S/C15H15FN2O2/c1-9(10-3-2-4-12(19)7-10)18-15(20)13-6-5-11(16)8-14(13)17/h2-9,19H,17H2,1H3,(H,18,20). The number of hydrogen-bond acceptors (Lipinski definition) is 3. The van der Waals surface area contributed by atoms with Crippen molar-refractivity contribution in [2.24, 2.45) is 0 Å². The van der Waals surface area contributed by atoms with Crippen molar-refractivity contribution in [3.63, 3.8) is 0 Å². The number of benzene rings is 2.